The third-order valence-corrected chi connectivity index (χ3v) is 6.80. The highest BCUT2D eigenvalue weighted by atomic mass is 32.2. The quantitative estimate of drug-likeness (QED) is 0.648. The third kappa shape index (κ3) is 4.08. The summed E-state index contributed by atoms with van der Waals surface area (Å²) in [5.74, 6) is 0.0580. The standard InChI is InChI=1S/C22H16FN3O2S2/c23-17-4-2-1-3-16(17)19-9-10-20(30-19)22(28)26-13-29-12-18(26)21(27)25-15-7-5-14(11-24)6-8-15/h1-10,18H,12-13H2,(H,25,27). The lowest BCUT2D eigenvalue weighted by Crippen LogP contribution is -2.44. The van der Waals surface area contributed by atoms with E-state index in [4.69, 9.17) is 5.26 Å². The second-order valence-corrected chi connectivity index (χ2v) is 8.70. The Bertz CT molecular complexity index is 1140. The van der Waals surface area contributed by atoms with E-state index in [0.717, 1.165) is 0 Å². The first kappa shape index (κ1) is 20.1. The molecule has 1 saturated heterocycles. The topological polar surface area (TPSA) is 73.2 Å². The number of benzene rings is 2. The molecule has 2 amide bonds. The second-order valence-electron chi connectivity index (χ2n) is 6.61. The molecule has 0 spiro atoms. The van der Waals surface area contributed by atoms with Gasteiger partial charge in [-0.05, 0) is 42.5 Å². The van der Waals surface area contributed by atoms with Crippen LogP contribution in [0.2, 0.25) is 0 Å². The maximum Gasteiger partial charge on any atom is 0.265 e. The number of rotatable bonds is 4. The number of thiophene rings is 1. The molecular weight excluding hydrogens is 421 g/mol. The Labute approximate surface area is 181 Å². The average molecular weight is 438 g/mol. The van der Waals surface area contributed by atoms with E-state index in [1.807, 2.05) is 6.07 Å². The van der Waals surface area contributed by atoms with E-state index in [1.54, 1.807) is 59.5 Å². The Morgan fingerprint density at radius 1 is 1.10 bits per heavy atom. The summed E-state index contributed by atoms with van der Waals surface area (Å²) in [7, 11) is 0. The summed E-state index contributed by atoms with van der Waals surface area (Å²) in [4.78, 5) is 28.5. The van der Waals surface area contributed by atoms with Gasteiger partial charge in [-0.1, -0.05) is 18.2 Å². The Morgan fingerprint density at radius 2 is 1.87 bits per heavy atom. The van der Waals surface area contributed by atoms with Crippen LogP contribution >= 0.6 is 23.1 Å². The summed E-state index contributed by atoms with van der Waals surface area (Å²) in [5, 5.41) is 11.7. The van der Waals surface area contributed by atoms with Crippen LogP contribution in [0.5, 0.6) is 0 Å². The molecule has 0 saturated carbocycles. The van der Waals surface area contributed by atoms with Gasteiger partial charge < -0.3 is 10.2 Å². The molecule has 1 unspecified atom stereocenters. The molecule has 1 aromatic heterocycles. The molecule has 1 fully saturated rings. The number of nitrogens with zero attached hydrogens (tertiary/aromatic N) is 2. The number of nitriles is 1. The molecule has 5 nitrogen and oxygen atoms in total. The van der Waals surface area contributed by atoms with Gasteiger partial charge in [0.1, 0.15) is 11.9 Å². The normalized spacial score (nSPS) is 15.6. The van der Waals surface area contributed by atoms with Crippen LogP contribution in [0.3, 0.4) is 0 Å². The van der Waals surface area contributed by atoms with Crippen LogP contribution in [0.1, 0.15) is 15.2 Å². The highest BCUT2D eigenvalue weighted by Crippen LogP contribution is 2.32. The van der Waals surface area contributed by atoms with Crippen LogP contribution in [-0.2, 0) is 4.79 Å². The molecule has 2 aromatic carbocycles. The van der Waals surface area contributed by atoms with Gasteiger partial charge in [-0.15, -0.1) is 23.1 Å². The van der Waals surface area contributed by atoms with Gasteiger partial charge in [-0.2, -0.15) is 5.26 Å². The van der Waals surface area contributed by atoms with Gasteiger partial charge in [0.2, 0.25) is 5.91 Å². The molecule has 1 N–H and O–H groups in total. The molecule has 0 aliphatic carbocycles. The fraction of sp³-hybridized carbons (Fsp3) is 0.136. The molecule has 1 aliphatic heterocycles. The molecule has 150 valence electrons. The Kier molecular flexibility index (Phi) is 5.84. The number of amides is 2. The van der Waals surface area contributed by atoms with Crippen molar-refractivity contribution >= 4 is 40.6 Å². The van der Waals surface area contributed by atoms with Crippen LogP contribution in [-0.4, -0.2) is 34.4 Å². The number of nitrogens with one attached hydrogen (secondary N) is 1. The van der Waals surface area contributed by atoms with Gasteiger partial charge >= 0.3 is 0 Å². The number of carbonyl (C=O) groups excluding carboxylic acids is 2. The third-order valence-electron chi connectivity index (χ3n) is 4.68. The molecule has 1 aliphatic rings. The minimum absolute atomic E-state index is 0.243. The predicted octanol–water partition coefficient (Wildman–Crippen LogP) is 4.58. The number of thioether (sulfide) groups is 1. The van der Waals surface area contributed by atoms with E-state index in [1.165, 1.54) is 29.2 Å². The Hall–Kier alpha value is -3.15. The monoisotopic (exact) mass is 437 g/mol. The maximum atomic E-state index is 14.0. The van der Waals surface area contributed by atoms with Crippen molar-refractivity contribution in [2.24, 2.45) is 0 Å². The van der Waals surface area contributed by atoms with Crippen LogP contribution in [0.15, 0.2) is 60.7 Å². The van der Waals surface area contributed by atoms with Gasteiger partial charge in [0.25, 0.3) is 5.91 Å². The highest BCUT2D eigenvalue weighted by Gasteiger charge is 2.35. The zero-order valence-electron chi connectivity index (χ0n) is 15.7. The molecule has 4 rings (SSSR count). The number of hydrogen-bond donors (Lipinski definition) is 1. The van der Waals surface area contributed by atoms with Crippen LogP contribution in [0.4, 0.5) is 10.1 Å². The van der Waals surface area contributed by atoms with E-state index in [-0.39, 0.29) is 17.6 Å². The molecule has 30 heavy (non-hydrogen) atoms. The number of hydrogen-bond acceptors (Lipinski definition) is 5. The van der Waals surface area contributed by atoms with E-state index < -0.39 is 6.04 Å². The van der Waals surface area contributed by atoms with E-state index in [2.05, 4.69) is 5.32 Å². The molecule has 0 radical (unpaired) electrons. The second kappa shape index (κ2) is 8.69. The lowest BCUT2D eigenvalue weighted by Gasteiger charge is -2.22. The van der Waals surface area contributed by atoms with Crippen LogP contribution in [0.25, 0.3) is 10.4 Å². The van der Waals surface area contributed by atoms with Crippen molar-refractivity contribution in [1.82, 2.24) is 4.90 Å². The molecule has 1 atom stereocenters. The van der Waals surface area contributed by atoms with E-state index >= 15 is 0 Å². The number of halogens is 1. The maximum absolute atomic E-state index is 14.0. The van der Waals surface area contributed by atoms with E-state index in [9.17, 15) is 14.0 Å². The molecule has 3 aromatic rings. The summed E-state index contributed by atoms with van der Waals surface area (Å²) in [6.07, 6.45) is 0. The first-order valence-electron chi connectivity index (χ1n) is 9.11. The van der Waals surface area contributed by atoms with Gasteiger partial charge in [0, 0.05) is 21.9 Å². The lowest BCUT2D eigenvalue weighted by molar-refractivity contribution is -0.119. The summed E-state index contributed by atoms with van der Waals surface area (Å²) in [6.45, 7) is 0. The summed E-state index contributed by atoms with van der Waals surface area (Å²) < 4.78 is 14.0. The van der Waals surface area contributed by atoms with Crippen molar-refractivity contribution in [3.8, 4) is 16.5 Å². The van der Waals surface area contributed by atoms with Gasteiger partial charge in [-0.3, -0.25) is 9.59 Å². The van der Waals surface area contributed by atoms with Crippen molar-refractivity contribution in [1.29, 1.82) is 5.26 Å². The Balaban J connectivity index is 1.49. The van der Waals surface area contributed by atoms with Crippen molar-refractivity contribution in [3.63, 3.8) is 0 Å². The van der Waals surface area contributed by atoms with Crippen molar-refractivity contribution in [3.05, 3.63) is 76.9 Å². The summed E-state index contributed by atoms with van der Waals surface area (Å²) in [5.41, 5.74) is 1.53. The minimum Gasteiger partial charge on any atom is -0.324 e. The zero-order valence-corrected chi connectivity index (χ0v) is 17.3. The first-order chi connectivity index (χ1) is 14.6. The van der Waals surface area contributed by atoms with E-state index in [0.29, 0.717) is 38.2 Å². The van der Waals surface area contributed by atoms with Gasteiger partial charge in [-0.25, -0.2) is 4.39 Å². The van der Waals surface area contributed by atoms with Crippen molar-refractivity contribution < 1.29 is 14.0 Å². The molecule has 8 heteroatoms. The molecule has 2 heterocycles. The number of anilines is 1. The lowest BCUT2D eigenvalue weighted by atomic mass is 10.2. The largest absolute Gasteiger partial charge is 0.324 e. The highest BCUT2D eigenvalue weighted by molar-refractivity contribution is 7.99. The predicted molar refractivity (Wildman–Crippen MR) is 117 cm³/mol. The Morgan fingerprint density at radius 3 is 2.60 bits per heavy atom. The fourth-order valence-electron chi connectivity index (χ4n) is 3.11. The zero-order chi connectivity index (χ0) is 21.1. The van der Waals surface area contributed by atoms with Gasteiger partial charge in [0.15, 0.2) is 0 Å². The van der Waals surface area contributed by atoms with Gasteiger partial charge in [0.05, 0.1) is 22.4 Å². The molecular formula is C22H16FN3O2S2. The first-order valence-corrected chi connectivity index (χ1v) is 11.1. The van der Waals surface area contributed by atoms with Crippen molar-refractivity contribution in [2.75, 3.05) is 16.9 Å². The van der Waals surface area contributed by atoms with Crippen LogP contribution < -0.4 is 5.32 Å². The number of carbonyl (C=O) groups is 2. The fourth-order valence-corrected chi connectivity index (χ4v) is 5.26. The summed E-state index contributed by atoms with van der Waals surface area (Å²) in [6, 6.07) is 17.8. The average Bonchev–Trinajstić information content (AvgIpc) is 3.44. The van der Waals surface area contributed by atoms with Crippen molar-refractivity contribution in [2.45, 2.75) is 6.04 Å². The smallest absolute Gasteiger partial charge is 0.265 e. The summed E-state index contributed by atoms with van der Waals surface area (Å²) >= 11 is 2.72. The SMILES string of the molecule is N#Cc1ccc(NC(=O)C2CSCN2C(=O)c2ccc(-c3ccccc3F)s2)cc1. The van der Waals surface area contributed by atoms with Crippen LogP contribution in [0, 0.1) is 17.1 Å². The minimum atomic E-state index is -0.600. The molecule has 0 bridgehead atoms.